The molecule has 1 N–H and O–H groups in total. The monoisotopic (exact) mass is 315 g/mol. The maximum atomic E-state index is 13.6. The number of ether oxygens (including phenoxy) is 1. The smallest absolute Gasteiger partial charge is 0.340 e. The molecular weight excluding hydrogens is 297 g/mol. The number of benzene rings is 1. The second-order valence-electron chi connectivity index (χ2n) is 5.24. The lowest BCUT2D eigenvalue weighted by molar-refractivity contribution is 0.0595. The van der Waals surface area contributed by atoms with Crippen LogP contribution in [0.1, 0.15) is 29.6 Å². The molecule has 1 aromatic carbocycles. The van der Waals surface area contributed by atoms with Gasteiger partial charge in [0.1, 0.15) is 5.82 Å². The number of rotatable bonds is 4. The highest BCUT2D eigenvalue weighted by atomic mass is 32.2. The molecule has 2 atom stereocenters. The summed E-state index contributed by atoms with van der Waals surface area (Å²) in [5.74, 6) is -1.43. The molecule has 0 bridgehead atoms. The molecule has 0 aromatic heterocycles. The molecule has 1 aromatic rings. The van der Waals surface area contributed by atoms with Gasteiger partial charge in [-0.25, -0.2) is 17.6 Å². The Bertz CT molecular complexity index is 644. The highest BCUT2D eigenvalue weighted by molar-refractivity contribution is 7.91. The van der Waals surface area contributed by atoms with Crippen LogP contribution in [-0.4, -0.2) is 39.0 Å². The van der Waals surface area contributed by atoms with Crippen LogP contribution in [0.25, 0.3) is 0 Å². The molecule has 116 valence electrons. The number of nitrogens with one attached hydrogen (secondary N) is 1. The molecule has 21 heavy (non-hydrogen) atoms. The van der Waals surface area contributed by atoms with Crippen LogP contribution in [0, 0.1) is 5.82 Å². The molecule has 1 saturated carbocycles. The van der Waals surface area contributed by atoms with Crippen molar-refractivity contribution in [3.8, 4) is 0 Å². The zero-order valence-corrected chi connectivity index (χ0v) is 12.7. The van der Waals surface area contributed by atoms with Crippen molar-refractivity contribution in [2.45, 2.75) is 30.6 Å². The normalized spacial score (nSPS) is 22.0. The average molecular weight is 315 g/mol. The summed E-state index contributed by atoms with van der Waals surface area (Å²) in [4.78, 5) is 11.5. The van der Waals surface area contributed by atoms with E-state index in [9.17, 15) is 17.6 Å². The maximum Gasteiger partial charge on any atom is 0.340 e. The van der Waals surface area contributed by atoms with Gasteiger partial charge in [-0.3, -0.25) is 0 Å². The molecule has 1 fully saturated rings. The summed E-state index contributed by atoms with van der Waals surface area (Å²) in [6.45, 7) is 0. The van der Waals surface area contributed by atoms with Crippen LogP contribution < -0.4 is 5.32 Å². The number of anilines is 1. The summed E-state index contributed by atoms with van der Waals surface area (Å²) in [7, 11) is -1.96. The predicted octanol–water partition coefficient (Wildman–Crippen LogP) is 1.99. The zero-order chi connectivity index (χ0) is 15.6. The fourth-order valence-corrected chi connectivity index (χ4v) is 4.09. The lowest BCUT2D eigenvalue weighted by Crippen LogP contribution is -2.34. The van der Waals surface area contributed by atoms with E-state index in [1.54, 1.807) is 0 Å². The lowest BCUT2D eigenvalue weighted by Gasteiger charge is -2.21. The van der Waals surface area contributed by atoms with E-state index in [0.717, 1.165) is 12.8 Å². The van der Waals surface area contributed by atoms with Crippen molar-refractivity contribution in [1.29, 1.82) is 0 Å². The van der Waals surface area contributed by atoms with Crippen molar-refractivity contribution in [2.75, 3.05) is 18.7 Å². The third-order valence-electron chi connectivity index (χ3n) is 3.73. The van der Waals surface area contributed by atoms with E-state index in [4.69, 9.17) is 0 Å². The first-order chi connectivity index (χ1) is 9.82. The summed E-state index contributed by atoms with van der Waals surface area (Å²) in [5, 5.41) is 2.64. The minimum atomic E-state index is -3.14. The van der Waals surface area contributed by atoms with Crippen molar-refractivity contribution >= 4 is 21.5 Å². The second-order valence-corrected chi connectivity index (χ2v) is 7.50. The van der Waals surface area contributed by atoms with Gasteiger partial charge in [0.05, 0.1) is 17.9 Å². The minimum absolute atomic E-state index is 0.170. The molecule has 0 saturated heterocycles. The van der Waals surface area contributed by atoms with E-state index in [1.807, 2.05) is 0 Å². The quantitative estimate of drug-likeness (QED) is 0.860. The van der Waals surface area contributed by atoms with Gasteiger partial charge < -0.3 is 10.1 Å². The lowest BCUT2D eigenvalue weighted by atomic mass is 10.1. The summed E-state index contributed by atoms with van der Waals surface area (Å²) >= 11 is 0. The van der Waals surface area contributed by atoms with Gasteiger partial charge in [0.25, 0.3) is 0 Å². The van der Waals surface area contributed by atoms with Crippen LogP contribution in [-0.2, 0) is 14.6 Å². The number of halogens is 1. The highest BCUT2D eigenvalue weighted by Gasteiger charge is 2.34. The van der Waals surface area contributed by atoms with Gasteiger partial charge in [-0.2, -0.15) is 0 Å². The molecule has 0 amide bonds. The summed E-state index contributed by atoms with van der Waals surface area (Å²) in [6, 6.07) is 3.77. The molecule has 0 radical (unpaired) electrons. The third-order valence-corrected chi connectivity index (χ3v) is 5.39. The van der Waals surface area contributed by atoms with Gasteiger partial charge in [-0.15, -0.1) is 0 Å². The fraction of sp³-hybridized carbons (Fsp3) is 0.500. The van der Waals surface area contributed by atoms with Crippen molar-refractivity contribution in [3.05, 3.63) is 29.6 Å². The zero-order valence-electron chi connectivity index (χ0n) is 11.9. The first kappa shape index (κ1) is 15.8. The summed E-state index contributed by atoms with van der Waals surface area (Å²) < 4.78 is 41.5. The Morgan fingerprint density at radius 2 is 2.10 bits per heavy atom. The summed E-state index contributed by atoms with van der Waals surface area (Å²) in [6.07, 6.45) is 3.38. The molecule has 2 unspecified atom stereocenters. The van der Waals surface area contributed by atoms with Crippen LogP contribution >= 0.6 is 0 Å². The van der Waals surface area contributed by atoms with Crippen LogP contribution in [0.15, 0.2) is 18.2 Å². The van der Waals surface area contributed by atoms with Crippen molar-refractivity contribution < 1.29 is 22.3 Å². The SMILES string of the molecule is COC(=O)c1cc(NC2CCCC2S(C)(=O)=O)ccc1F. The Morgan fingerprint density at radius 3 is 2.71 bits per heavy atom. The van der Waals surface area contributed by atoms with Gasteiger partial charge in [0.2, 0.25) is 0 Å². The number of hydrogen-bond donors (Lipinski definition) is 1. The van der Waals surface area contributed by atoms with Gasteiger partial charge in [-0.05, 0) is 37.5 Å². The first-order valence-corrected chi connectivity index (χ1v) is 8.61. The number of carbonyl (C=O) groups is 1. The Morgan fingerprint density at radius 1 is 1.38 bits per heavy atom. The van der Waals surface area contributed by atoms with Gasteiger partial charge in [0.15, 0.2) is 9.84 Å². The van der Waals surface area contributed by atoms with Crippen molar-refractivity contribution in [2.24, 2.45) is 0 Å². The first-order valence-electron chi connectivity index (χ1n) is 6.66. The Balaban J connectivity index is 2.22. The molecule has 7 heteroatoms. The van der Waals surface area contributed by atoms with E-state index < -0.39 is 26.9 Å². The van der Waals surface area contributed by atoms with E-state index >= 15 is 0 Å². The second kappa shape index (κ2) is 6.01. The molecule has 0 spiro atoms. The van der Waals surface area contributed by atoms with E-state index in [-0.39, 0.29) is 11.6 Å². The maximum absolute atomic E-state index is 13.6. The van der Waals surface area contributed by atoms with Gasteiger partial charge in [-0.1, -0.05) is 0 Å². The number of hydrogen-bond acceptors (Lipinski definition) is 5. The molecule has 1 aliphatic carbocycles. The average Bonchev–Trinajstić information content (AvgIpc) is 2.88. The van der Waals surface area contributed by atoms with Crippen LogP contribution in [0.3, 0.4) is 0 Å². The minimum Gasteiger partial charge on any atom is -0.465 e. The third kappa shape index (κ3) is 3.53. The molecular formula is C14H18FNO4S. The van der Waals surface area contributed by atoms with Crippen LogP contribution in [0.5, 0.6) is 0 Å². The molecule has 0 heterocycles. The number of sulfone groups is 1. The standard InChI is InChI=1S/C14H18FNO4S/c1-20-14(17)10-8-9(6-7-11(10)15)16-12-4-3-5-13(12)21(2,18)19/h6-8,12-13,16H,3-5H2,1-2H3. The molecule has 5 nitrogen and oxygen atoms in total. The largest absolute Gasteiger partial charge is 0.465 e. The molecule has 2 rings (SSSR count). The van der Waals surface area contributed by atoms with Crippen LogP contribution in [0.4, 0.5) is 10.1 Å². The summed E-state index contributed by atoms with van der Waals surface area (Å²) in [5.41, 5.74) is 0.341. The molecule has 0 aliphatic heterocycles. The van der Waals surface area contributed by atoms with E-state index in [2.05, 4.69) is 10.1 Å². The van der Waals surface area contributed by atoms with E-state index in [0.29, 0.717) is 12.1 Å². The molecule has 1 aliphatic rings. The number of carbonyl (C=O) groups excluding carboxylic acids is 1. The van der Waals surface area contributed by atoms with Crippen molar-refractivity contribution in [1.82, 2.24) is 0 Å². The van der Waals surface area contributed by atoms with Crippen molar-refractivity contribution in [3.63, 3.8) is 0 Å². The Labute approximate surface area is 123 Å². The number of esters is 1. The van der Waals surface area contributed by atoms with Crippen LogP contribution in [0.2, 0.25) is 0 Å². The highest BCUT2D eigenvalue weighted by Crippen LogP contribution is 2.28. The fourth-order valence-electron chi connectivity index (χ4n) is 2.70. The predicted molar refractivity (Wildman–Crippen MR) is 77.6 cm³/mol. The topological polar surface area (TPSA) is 72.5 Å². The Hall–Kier alpha value is -1.63. The van der Waals surface area contributed by atoms with Gasteiger partial charge in [0, 0.05) is 18.0 Å². The Kier molecular flexibility index (Phi) is 4.51. The van der Waals surface area contributed by atoms with E-state index in [1.165, 1.54) is 31.6 Å². The van der Waals surface area contributed by atoms with Gasteiger partial charge >= 0.3 is 5.97 Å². The number of methoxy groups -OCH3 is 1.